The second-order valence-corrected chi connectivity index (χ2v) is 5.98. The van der Waals surface area contributed by atoms with E-state index in [4.69, 9.17) is 9.84 Å². The van der Waals surface area contributed by atoms with Crippen molar-refractivity contribution in [3.8, 4) is 0 Å². The number of hydrogen-bond acceptors (Lipinski definition) is 3. The van der Waals surface area contributed by atoms with Gasteiger partial charge >= 0.3 is 12.1 Å². The third kappa shape index (κ3) is 2.37. The van der Waals surface area contributed by atoms with E-state index in [9.17, 15) is 9.59 Å². The minimum Gasteiger partial charge on any atom is -0.481 e. The summed E-state index contributed by atoms with van der Waals surface area (Å²) in [6.45, 7) is 6.08. The highest BCUT2D eigenvalue weighted by atomic mass is 16.6. The van der Waals surface area contributed by atoms with Gasteiger partial charge in [0.1, 0.15) is 5.60 Å². The number of piperidine rings is 1. The van der Waals surface area contributed by atoms with E-state index in [1.165, 1.54) is 0 Å². The number of carbonyl (C=O) groups is 2. The van der Waals surface area contributed by atoms with Crippen molar-refractivity contribution in [3.63, 3.8) is 0 Å². The van der Waals surface area contributed by atoms with Gasteiger partial charge in [-0.1, -0.05) is 0 Å². The Morgan fingerprint density at radius 2 is 1.94 bits per heavy atom. The van der Waals surface area contributed by atoms with Crippen molar-refractivity contribution in [2.75, 3.05) is 6.54 Å². The van der Waals surface area contributed by atoms with Gasteiger partial charge in [-0.25, -0.2) is 4.79 Å². The molecule has 0 unspecified atom stereocenters. The van der Waals surface area contributed by atoms with E-state index in [1.54, 1.807) is 4.90 Å². The first-order valence-corrected chi connectivity index (χ1v) is 6.00. The zero-order chi connectivity index (χ0) is 12.8. The molecule has 2 fully saturated rings. The van der Waals surface area contributed by atoms with Crippen LogP contribution in [0.4, 0.5) is 4.79 Å². The summed E-state index contributed by atoms with van der Waals surface area (Å²) in [5, 5.41) is 9.09. The summed E-state index contributed by atoms with van der Waals surface area (Å²) in [4.78, 5) is 24.6. The predicted octanol–water partition coefficient (Wildman–Crippen LogP) is 1.72. The number of amides is 1. The Morgan fingerprint density at radius 3 is 2.41 bits per heavy atom. The van der Waals surface area contributed by atoms with Crippen LogP contribution < -0.4 is 0 Å². The molecule has 1 N–H and O–H groups in total. The van der Waals surface area contributed by atoms with Crippen molar-refractivity contribution in [2.24, 2.45) is 11.8 Å². The molecule has 96 valence electrons. The van der Waals surface area contributed by atoms with Crippen LogP contribution in [-0.4, -0.2) is 40.3 Å². The molecule has 1 saturated heterocycles. The van der Waals surface area contributed by atoms with Crippen molar-refractivity contribution in [1.29, 1.82) is 0 Å². The van der Waals surface area contributed by atoms with Crippen molar-refractivity contribution < 1.29 is 19.4 Å². The molecule has 5 nitrogen and oxygen atoms in total. The Bertz CT molecular complexity index is 347. The zero-order valence-corrected chi connectivity index (χ0v) is 10.5. The van der Waals surface area contributed by atoms with Crippen molar-refractivity contribution in [1.82, 2.24) is 4.90 Å². The molecule has 1 saturated carbocycles. The summed E-state index contributed by atoms with van der Waals surface area (Å²) < 4.78 is 5.30. The molecule has 2 aliphatic rings. The Labute approximate surface area is 101 Å². The summed E-state index contributed by atoms with van der Waals surface area (Å²) in [6, 6.07) is -0.174. The molecule has 0 radical (unpaired) electrons. The molecule has 0 aromatic carbocycles. The van der Waals surface area contributed by atoms with Crippen LogP contribution >= 0.6 is 0 Å². The molecule has 0 spiro atoms. The molecule has 17 heavy (non-hydrogen) atoms. The molecular weight excluding hydrogens is 222 g/mol. The Balaban J connectivity index is 2.04. The fraction of sp³-hybridized carbons (Fsp3) is 0.833. The molecule has 1 heterocycles. The van der Waals surface area contributed by atoms with Crippen LogP contribution in [0, 0.1) is 11.8 Å². The number of fused-ring (bicyclic) bond motifs is 2. The van der Waals surface area contributed by atoms with E-state index < -0.39 is 17.5 Å². The highest BCUT2D eigenvalue weighted by Crippen LogP contribution is 2.42. The molecule has 1 aliphatic carbocycles. The van der Waals surface area contributed by atoms with Gasteiger partial charge in [-0.15, -0.1) is 0 Å². The first-order valence-electron chi connectivity index (χ1n) is 6.00. The quantitative estimate of drug-likeness (QED) is 0.759. The lowest BCUT2D eigenvalue weighted by Gasteiger charge is -2.32. The van der Waals surface area contributed by atoms with Gasteiger partial charge in [-0.2, -0.15) is 0 Å². The second-order valence-electron chi connectivity index (χ2n) is 5.98. The number of hydrogen-bond donors (Lipinski definition) is 1. The van der Waals surface area contributed by atoms with Crippen LogP contribution in [0.1, 0.15) is 33.6 Å². The van der Waals surface area contributed by atoms with Crippen LogP contribution in [0.5, 0.6) is 0 Å². The smallest absolute Gasteiger partial charge is 0.410 e. The summed E-state index contributed by atoms with van der Waals surface area (Å²) in [7, 11) is 0. The molecule has 5 heteroatoms. The molecule has 2 rings (SSSR count). The first kappa shape index (κ1) is 12.2. The predicted molar refractivity (Wildman–Crippen MR) is 60.6 cm³/mol. The number of carbonyl (C=O) groups excluding carboxylic acids is 1. The standard InChI is InChI=1S/C12H19NO4/c1-12(2,3)17-11(16)13-6-7-4-8(10(14)15)9(13)5-7/h7-9H,4-6H2,1-3H3,(H,14,15)/t7-,8+,9-/m0/s1. The van der Waals surface area contributed by atoms with E-state index in [-0.39, 0.29) is 12.1 Å². The summed E-state index contributed by atoms with van der Waals surface area (Å²) in [6.07, 6.45) is 1.12. The topological polar surface area (TPSA) is 66.8 Å². The van der Waals surface area contributed by atoms with E-state index in [0.717, 1.165) is 6.42 Å². The van der Waals surface area contributed by atoms with Crippen molar-refractivity contribution in [3.05, 3.63) is 0 Å². The average Bonchev–Trinajstić information content (AvgIpc) is 2.72. The first-order chi connectivity index (χ1) is 7.78. The third-order valence-corrected chi connectivity index (χ3v) is 3.43. The number of carboxylic acids is 1. The van der Waals surface area contributed by atoms with Gasteiger partial charge in [0, 0.05) is 12.6 Å². The SMILES string of the molecule is CC(C)(C)OC(=O)N1C[C@H]2C[C@@H](C(=O)O)[C@@H]1C2. The van der Waals surface area contributed by atoms with Gasteiger partial charge in [-0.3, -0.25) is 4.79 Å². The van der Waals surface area contributed by atoms with Crippen LogP contribution in [-0.2, 0) is 9.53 Å². The largest absolute Gasteiger partial charge is 0.481 e. The van der Waals surface area contributed by atoms with Gasteiger partial charge in [-0.05, 0) is 39.5 Å². The van der Waals surface area contributed by atoms with Gasteiger partial charge in [0.25, 0.3) is 0 Å². The number of carboxylic acid groups (broad SMARTS) is 1. The third-order valence-electron chi connectivity index (χ3n) is 3.43. The van der Waals surface area contributed by atoms with E-state index in [0.29, 0.717) is 18.9 Å². The lowest BCUT2D eigenvalue weighted by molar-refractivity contribution is -0.143. The van der Waals surface area contributed by atoms with Gasteiger partial charge in [0.05, 0.1) is 5.92 Å². The van der Waals surface area contributed by atoms with Gasteiger partial charge < -0.3 is 14.7 Å². The van der Waals surface area contributed by atoms with E-state index in [1.807, 2.05) is 20.8 Å². The monoisotopic (exact) mass is 241 g/mol. The number of likely N-dealkylation sites (tertiary alicyclic amines) is 1. The molecular formula is C12H19NO4. The Kier molecular flexibility index (Phi) is 2.79. The van der Waals surface area contributed by atoms with Crippen LogP contribution in [0.2, 0.25) is 0 Å². The lowest BCUT2D eigenvalue weighted by Crippen LogP contribution is -2.46. The second kappa shape index (κ2) is 3.89. The van der Waals surface area contributed by atoms with Crippen LogP contribution in [0.25, 0.3) is 0 Å². The van der Waals surface area contributed by atoms with Crippen LogP contribution in [0.15, 0.2) is 0 Å². The van der Waals surface area contributed by atoms with Gasteiger partial charge in [0.15, 0.2) is 0 Å². The summed E-state index contributed by atoms with van der Waals surface area (Å²) in [5.41, 5.74) is -0.530. The molecule has 3 atom stereocenters. The van der Waals surface area contributed by atoms with Crippen LogP contribution in [0.3, 0.4) is 0 Å². The molecule has 0 aromatic heterocycles. The zero-order valence-electron chi connectivity index (χ0n) is 10.5. The van der Waals surface area contributed by atoms with E-state index >= 15 is 0 Å². The molecule has 0 aromatic rings. The van der Waals surface area contributed by atoms with Crippen molar-refractivity contribution >= 4 is 12.1 Å². The minimum absolute atomic E-state index is 0.174. The Morgan fingerprint density at radius 1 is 1.29 bits per heavy atom. The number of rotatable bonds is 1. The number of nitrogens with zero attached hydrogens (tertiary/aromatic N) is 1. The number of ether oxygens (including phenoxy) is 1. The van der Waals surface area contributed by atoms with Gasteiger partial charge in [0.2, 0.25) is 0 Å². The molecule has 1 amide bonds. The number of aliphatic carboxylic acids is 1. The van der Waals surface area contributed by atoms with Crippen molar-refractivity contribution in [2.45, 2.75) is 45.3 Å². The Hall–Kier alpha value is -1.26. The maximum atomic E-state index is 11.9. The normalized spacial score (nSPS) is 31.7. The lowest BCUT2D eigenvalue weighted by atomic mass is 9.99. The maximum Gasteiger partial charge on any atom is 0.410 e. The fourth-order valence-corrected chi connectivity index (χ4v) is 2.82. The van der Waals surface area contributed by atoms with E-state index in [2.05, 4.69) is 0 Å². The molecule has 1 aliphatic heterocycles. The maximum absolute atomic E-state index is 11.9. The summed E-state index contributed by atoms with van der Waals surface area (Å²) in [5.74, 6) is -0.888. The highest BCUT2D eigenvalue weighted by molar-refractivity contribution is 5.75. The highest BCUT2D eigenvalue weighted by Gasteiger charge is 2.50. The average molecular weight is 241 g/mol. The minimum atomic E-state index is -0.800. The summed E-state index contributed by atoms with van der Waals surface area (Å²) >= 11 is 0. The fourth-order valence-electron chi connectivity index (χ4n) is 2.82. The molecule has 2 bridgehead atoms.